The zero-order chi connectivity index (χ0) is 11.5. The smallest absolute Gasteiger partial charge is 0.308 e. The molecule has 16 heavy (non-hydrogen) atoms. The van der Waals surface area contributed by atoms with E-state index in [9.17, 15) is 4.79 Å². The van der Waals surface area contributed by atoms with E-state index in [1.807, 2.05) is 12.1 Å². The second-order valence-corrected chi connectivity index (χ2v) is 4.42. The number of rotatable bonds is 3. The first kappa shape index (κ1) is 11.0. The number of aryl methyl sites for hydroxylation is 1. The van der Waals surface area contributed by atoms with Gasteiger partial charge in [-0.05, 0) is 24.5 Å². The molecule has 3 nitrogen and oxygen atoms in total. The molecule has 0 aromatic heterocycles. The Morgan fingerprint density at radius 2 is 2.25 bits per heavy atom. The first-order chi connectivity index (χ1) is 7.68. The lowest BCUT2D eigenvalue weighted by Crippen LogP contribution is -2.35. The maximum absolute atomic E-state index is 10.9. The monoisotopic (exact) mass is 219 g/mol. The van der Waals surface area contributed by atoms with E-state index in [2.05, 4.69) is 17.0 Å². The zero-order valence-corrected chi connectivity index (χ0v) is 9.52. The Morgan fingerprint density at radius 1 is 1.50 bits per heavy atom. The number of benzene rings is 1. The van der Waals surface area contributed by atoms with Crippen LogP contribution in [-0.2, 0) is 11.2 Å². The Hall–Kier alpha value is -1.51. The molecule has 0 aliphatic carbocycles. The number of hydrogen-bond acceptors (Lipinski definition) is 2. The molecule has 1 heterocycles. The summed E-state index contributed by atoms with van der Waals surface area (Å²) in [5.74, 6) is -1.03. The number of para-hydroxylation sites is 1. The van der Waals surface area contributed by atoms with Crippen LogP contribution in [-0.4, -0.2) is 24.2 Å². The number of carbonyl (C=O) groups is 1. The Labute approximate surface area is 95.7 Å². The summed E-state index contributed by atoms with van der Waals surface area (Å²) < 4.78 is 0. The third-order valence-electron chi connectivity index (χ3n) is 3.12. The largest absolute Gasteiger partial charge is 0.481 e. The van der Waals surface area contributed by atoms with Crippen molar-refractivity contribution in [2.75, 3.05) is 18.0 Å². The average Bonchev–Trinajstić information content (AvgIpc) is 2.29. The van der Waals surface area contributed by atoms with Crippen molar-refractivity contribution in [2.45, 2.75) is 19.8 Å². The lowest BCUT2D eigenvalue weighted by Gasteiger charge is -2.32. The summed E-state index contributed by atoms with van der Waals surface area (Å²) >= 11 is 0. The van der Waals surface area contributed by atoms with E-state index in [1.165, 1.54) is 11.3 Å². The van der Waals surface area contributed by atoms with E-state index in [1.54, 1.807) is 6.92 Å². The topological polar surface area (TPSA) is 40.5 Å². The van der Waals surface area contributed by atoms with Crippen LogP contribution in [0, 0.1) is 5.92 Å². The third-order valence-corrected chi connectivity index (χ3v) is 3.12. The normalized spacial score (nSPS) is 16.7. The molecule has 0 spiro atoms. The lowest BCUT2D eigenvalue weighted by atomic mass is 10.0. The molecule has 0 saturated heterocycles. The van der Waals surface area contributed by atoms with E-state index in [0.29, 0.717) is 6.54 Å². The molecule has 1 unspecified atom stereocenters. The molecule has 0 amide bonds. The molecular weight excluding hydrogens is 202 g/mol. The molecule has 0 fully saturated rings. The Bertz CT molecular complexity index is 389. The molecule has 3 heteroatoms. The van der Waals surface area contributed by atoms with Crippen LogP contribution < -0.4 is 4.90 Å². The van der Waals surface area contributed by atoms with Crippen LogP contribution >= 0.6 is 0 Å². The molecule has 1 aromatic carbocycles. The molecule has 2 rings (SSSR count). The van der Waals surface area contributed by atoms with Crippen LogP contribution in [0.3, 0.4) is 0 Å². The van der Waals surface area contributed by atoms with Crippen LogP contribution in [0.2, 0.25) is 0 Å². The number of nitrogens with zero attached hydrogens (tertiary/aromatic N) is 1. The van der Waals surface area contributed by atoms with E-state index in [0.717, 1.165) is 19.4 Å². The average molecular weight is 219 g/mol. The highest BCUT2D eigenvalue weighted by Crippen LogP contribution is 2.27. The Kier molecular flexibility index (Phi) is 3.13. The predicted octanol–water partition coefficient (Wildman–Crippen LogP) is 2.16. The van der Waals surface area contributed by atoms with Crippen LogP contribution in [0.15, 0.2) is 24.3 Å². The Morgan fingerprint density at radius 3 is 3.00 bits per heavy atom. The molecule has 1 aromatic rings. The predicted molar refractivity (Wildman–Crippen MR) is 63.8 cm³/mol. The summed E-state index contributed by atoms with van der Waals surface area (Å²) in [6.07, 6.45) is 2.22. The summed E-state index contributed by atoms with van der Waals surface area (Å²) in [7, 11) is 0. The van der Waals surface area contributed by atoms with Gasteiger partial charge in [0.2, 0.25) is 0 Å². The van der Waals surface area contributed by atoms with Gasteiger partial charge in [0.1, 0.15) is 0 Å². The fourth-order valence-electron chi connectivity index (χ4n) is 2.21. The van der Waals surface area contributed by atoms with E-state index < -0.39 is 5.97 Å². The molecular formula is C13H17NO2. The van der Waals surface area contributed by atoms with Crippen molar-refractivity contribution < 1.29 is 9.90 Å². The van der Waals surface area contributed by atoms with Crippen LogP contribution in [0.1, 0.15) is 18.9 Å². The number of fused-ring (bicyclic) bond motifs is 1. The van der Waals surface area contributed by atoms with E-state index in [-0.39, 0.29) is 5.92 Å². The molecule has 1 atom stereocenters. The maximum atomic E-state index is 10.9. The van der Waals surface area contributed by atoms with E-state index >= 15 is 0 Å². The number of hydrogen-bond donors (Lipinski definition) is 1. The summed E-state index contributed by atoms with van der Waals surface area (Å²) in [5, 5.41) is 8.93. The summed E-state index contributed by atoms with van der Waals surface area (Å²) in [4.78, 5) is 13.1. The first-order valence-electron chi connectivity index (χ1n) is 5.74. The highest BCUT2D eigenvalue weighted by atomic mass is 16.4. The van der Waals surface area contributed by atoms with Crippen LogP contribution in [0.4, 0.5) is 5.69 Å². The van der Waals surface area contributed by atoms with Gasteiger partial charge in [-0.15, -0.1) is 0 Å². The molecule has 1 aliphatic rings. The fraction of sp³-hybridized carbons (Fsp3) is 0.462. The summed E-state index contributed by atoms with van der Waals surface area (Å²) in [6.45, 7) is 3.33. The van der Waals surface area contributed by atoms with Gasteiger partial charge in [-0.25, -0.2) is 0 Å². The first-order valence-corrected chi connectivity index (χ1v) is 5.74. The van der Waals surface area contributed by atoms with Gasteiger partial charge >= 0.3 is 5.97 Å². The SMILES string of the molecule is CC(CN1CCCc2ccccc21)C(=O)O. The molecule has 0 saturated carbocycles. The highest BCUT2D eigenvalue weighted by Gasteiger charge is 2.20. The minimum absolute atomic E-state index is 0.314. The van der Waals surface area contributed by atoms with Crippen molar-refractivity contribution in [3.63, 3.8) is 0 Å². The molecule has 1 aliphatic heterocycles. The quantitative estimate of drug-likeness (QED) is 0.847. The lowest BCUT2D eigenvalue weighted by molar-refractivity contribution is -0.140. The van der Waals surface area contributed by atoms with Gasteiger partial charge in [0.15, 0.2) is 0 Å². The standard InChI is InChI=1S/C13H17NO2/c1-10(13(15)16)9-14-8-4-6-11-5-2-3-7-12(11)14/h2-3,5,7,10H,4,6,8-9H2,1H3,(H,15,16). The van der Waals surface area contributed by atoms with Gasteiger partial charge in [0, 0.05) is 18.8 Å². The van der Waals surface area contributed by atoms with Gasteiger partial charge in [0.25, 0.3) is 0 Å². The molecule has 1 N–H and O–H groups in total. The Balaban J connectivity index is 2.16. The van der Waals surface area contributed by atoms with Gasteiger partial charge in [-0.2, -0.15) is 0 Å². The van der Waals surface area contributed by atoms with Crippen molar-refractivity contribution in [1.82, 2.24) is 0 Å². The van der Waals surface area contributed by atoms with Crippen molar-refractivity contribution in [1.29, 1.82) is 0 Å². The number of carboxylic acids is 1. The maximum Gasteiger partial charge on any atom is 0.308 e. The third kappa shape index (κ3) is 2.18. The summed E-state index contributed by atoms with van der Waals surface area (Å²) in [5.41, 5.74) is 2.55. The van der Waals surface area contributed by atoms with Gasteiger partial charge in [-0.1, -0.05) is 25.1 Å². The molecule has 0 radical (unpaired) electrons. The zero-order valence-electron chi connectivity index (χ0n) is 9.52. The minimum atomic E-state index is -0.719. The number of aliphatic carboxylic acids is 1. The minimum Gasteiger partial charge on any atom is -0.481 e. The van der Waals surface area contributed by atoms with Crippen molar-refractivity contribution in [2.24, 2.45) is 5.92 Å². The van der Waals surface area contributed by atoms with Crippen LogP contribution in [0.5, 0.6) is 0 Å². The van der Waals surface area contributed by atoms with Crippen molar-refractivity contribution in [3.05, 3.63) is 29.8 Å². The number of anilines is 1. The van der Waals surface area contributed by atoms with Crippen LogP contribution in [0.25, 0.3) is 0 Å². The van der Waals surface area contributed by atoms with Gasteiger partial charge in [-0.3, -0.25) is 4.79 Å². The van der Waals surface area contributed by atoms with Crippen molar-refractivity contribution >= 4 is 11.7 Å². The van der Waals surface area contributed by atoms with E-state index in [4.69, 9.17) is 5.11 Å². The second-order valence-electron chi connectivity index (χ2n) is 4.42. The van der Waals surface area contributed by atoms with Crippen molar-refractivity contribution in [3.8, 4) is 0 Å². The fourth-order valence-corrected chi connectivity index (χ4v) is 2.21. The molecule has 0 bridgehead atoms. The van der Waals surface area contributed by atoms with Gasteiger partial charge in [0.05, 0.1) is 5.92 Å². The highest BCUT2D eigenvalue weighted by molar-refractivity contribution is 5.70. The number of carboxylic acid groups (broad SMARTS) is 1. The second kappa shape index (κ2) is 4.56. The molecule has 86 valence electrons. The van der Waals surface area contributed by atoms with Gasteiger partial charge < -0.3 is 10.0 Å². The summed E-state index contributed by atoms with van der Waals surface area (Å²) in [6, 6.07) is 8.28.